The maximum atomic E-state index is 11.8. The van der Waals surface area contributed by atoms with Gasteiger partial charge in [-0.2, -0.15) is 0 Å². The molecule has 0 aliphatic heterocycles. The molecular weight excluding hydrogens is 328 g/mol. The summed E-state index contributed by atoms with van der Waals surface area (Å²) in [6.07, 6.45) is -0.416. The Kier molecular flexibility index (Phi) is 7.03. The lowest BCUT2D eigenvalue weighted by molar-refractivity contribution is -0.140. The second-order valence-electron chi connectivity index (χ2n) is 4.68. The van der Waals surface area contributed by atoms with Crippen LogP contribution in [0.25, 0.3) is 0 Å². The summed E-state index contributed by atoms with van der Waals surface area (Å²) in [5.74, 6) is -2.58. The molecule has 1 aromatic heterocycles. The molecule has 13 heteroatoms. The average molecular weight is 346 g/mol. The quantitative estimate of drug-likeness (QED) is 0.236. The van der Waals surface area contributed by atoms with E-state index in [1.165, 1.54) is 0 Å². The number of carboxylic acid groups (broad SMARTS) is 1. The van der Waals surface area contributed by atoms with E-state index < -0.39 is 55.7 Å². The van der Waals surface area contributed by atoms with Gasteiger partial charge in [0.2, 0.25) is 17.7 Å². The number of aliphatic hydroxyl groups excluding tert-OH is 2. The lowest BCUT2D eigenvalue weighted by Gasteiger charge is -2.17. The van der Waals surface area contributed by atoms with E-state index in [0.29, 0.717) is 0 Å². The molecule has 0 saturated heterocycles. The van der Waals surface area contributed by atoms with Gasteiger partial charge in [-0.05, 0) is 0 Å². The molecule has 3 amide bonds. The van der Waals surface area contributed by atoms with Crippen LogP contribution in [0.3, 0.4) is 0 Å². The van der Waals surface area contributed by atoms with E-state index >= 15 is 0 Å². The SMILES string of the molecule is NC(=O)C[C@H](NC(=O)N[C@@H](CO)C(=O)O)c1nnc([C@@H](N)CO)o1. The van der Waals surface area contributed by atoms with Crippen LogP contribution in [0.2, 0.25) is 0 Å². The fourth-order valence-electron chi connectivity index (χ4n) is 1.56. The zero-order valence-corrected chi connectivity index (χ0v) is 12.4. The summed E-state index contributed by atoms with van der Waals surface area (Å²) in [5, 5.41) is 37.9. The summed E-state index contributed by atoms with van der Waals surface area (Å²) in [5.41, 5.74) is 10.6. The van der Waals surface area contributed by atoms with Crippen molar-refractivity contribution in [3.8, 4) is 0 Å². The average Bonchev–Trinajstić information content (AvgIpc) is 3.00. The van der Waals surface area contributed by atoms with E-state index in [1.807, 2.05) is 5.32 Å². The van der Waals surface area contributed by atoms with Gasteiger partial charge in [0.05, 0.1) is 19.6 Å². The van der Waals surface area contributed by atoms with Gasteiger partial charge in [0.15, 0.2) is 6.04 Å². The maximum absolute atomic E-state index is 11.8. The molecule has 1 rings (SSSR count). The van der Waals surface area contributed by atoms with Gasteiger partial charge in [-0.1, -0.05) is 0 Å². The highest BCUT2D eigenvalue weighted by atomic mass is 16.4. The number of hydrogen-bond donors (Lipinski definition) is 7. The summed E-state index contributed by atoms with van der Waals surface area (Å²) >= 11 is 0. The third-order valence-electron chi connectivity index (χ3n) is 2.76. The van der Waals surface area contributed by atoms with E-state index in [1.54, 1.807) is 0 Å². The zero-order valence-electron chi connectivity index (χ0n) is 12.4. The van der Waals surface area contributed by atoms with Gasteiger partial charge in [-0.25, -0.2) is 9.59 Å². The highest BCUT2D eigenvalue weighted by molar-refractivity contribution is 5.83. The Morgan fingerprint density at radius 2 is 1.75 bits per heavy atom. The fourth-order valence-corrected chi connectivity index (χ4v) is 1.56. The first-order valence-corrected chi connectivity index (χ1v) is 6.67. The van der Waals surface area contributed by atoms with Crippen molar-refractivity contribution in [3.63, 3.8) is 0 Å². The Hall–Kier alpha value is -2.77. The molecule has 134 valence electrons. The van der Waals surface area contributed by atoms with Crippen molar-refractivity contribution in [1.82, 2.24) is 20.8 Å². The van der Waals surface area contributed by atoms with Crippen molar-refractivity contribution >= 4 is 17.9 Å². The van der Waals surface area contributed by atoms with Crippen molar-refractivity contribution in [1.29, 1.82) is 0 Å². The Morgan fingerprint density at radius 3 is 2.25 bits per heavy atom. The summed E-state index contributed by atoms with van der Waals surface area (Å²) in [6.45, 7) is -1.30. The topological polar surface area (TPSA) is 227 Å². The lowest BCUT2D eigenvalue weighted by Crippen LogP contribution is -2.49. The molecule has 9 N–H and O–H groups in total. The van der Waals surface area contributed by atoms with Gasteiger partial charge in [0.1, 0.15) is 12.1 Å². The smallest absolute Gasteiger partial charge is 0.328 e. The van der Waals surface area contributed by atoms with E-state index in [-0.39, 0.29) is 11.8 Å². The van der Waals surface area contributed by atoms with E-state index in [2.05, 4.69) is 15.5 Å². The molecule has 0 bridgehead atoms. The number of aromatic nitrogens is 2. The number of carbonyl (C=O) groups is 3. The Balaban J connectivity index is 2.85. The maximum Gasteiger partial charge on any atom is 0.328 e. The van der Waals surface area contributed by atoms with Crippen LogP contribution in [0, 0.1) is 0 Å². The highest BCUT2D eigenvalue weighted by Crippen LogP contribution is 2.17. The molecule has 24 heavy (non-hydrogen) atoms. The fraction of sp³-hybridized carbons (Fsp3) is 0.545. The van der Waals surface area contributed by atoms with Gasteiger partial charge < -0.3 is 41.8 Å². The predicted octanol–water partition coefficient (Wildman–Crippen LogP) is -3.28. The Bertz CT molecular complexity index is 591. The van der Waals surface area contributed by atoms with Crippen molar-refractivity contribution < 1.29 is 34.1 Å². The van der Waals surface area contributed by atoms with Crippen molar-refractivity contribution in [2.45, 2.75) is 24.5 Å². The predicted molar refractivity (Wildman–Crippen MR) is 75.0 cm³/mol. The van der Waals surface area contributed by atoms with Crippen LogP contribution >= 0.6 is 0 Å². The number of urea groups is 1. The zero-order chi connectivity index (χ0) is 18.3. The number of nitrogens with zero attached hydrogens (tertiary/aromatic N) is 2. The molecule has 0 radical (unpaired) electrons. The highest BCUT2D eigenvalue weighted by Gasteiger charge is 2.26. The first-order chi connectivity index (χ1) is 11.3. The molecule has 0 saturated carbocycles. The summed E-state index contributed by atoms with van der Waals surface area (Å²) < 4.78 is 5.16. The molecule has 0 aliphatic rings. The second kappa shape index (κ2) is 8.76. The molecule has 13 nitrogen and oxygen atoms in total. The molecule has 0 aromatic carbocycles. The molecule has 3 atom stereocenters. The number of primary amides is 1. The van der Waals surface area contributed by atoms with Gasteiger partial charge in [0, 0.05) is 0 Å². The monoisotopic (exact) mass is 346 g/mol. The summed E-state index contributed by atoms with van der Waals surface area (Å²) in [7, 11) is 0. The van der Waals surface area contributed by atoms with Crippen LogP contribution in [0.4, 0.5) is 4.79 Å². The van der Waals surface area contributed by atoms with Gasteiger partial charge >= 0.3 is 12.0 Å². The molecule has 1 aromatic rings. The molecular formula is C11H18N6O7. The normalized spacial score (nSPS) is 14.5. The first-order valence-electron chi connectivity index (χ1n) is 6.67. The third-order valence-corrected chi connectivity index (χ3v) is 2.76. The molecule has 0 spiro atoms. The summed E-state index contributed by atoms with van der Waals surface area (Å²) in [6, 6.07) is -4.64. The molecule has 0 unspecified atom stereocenters. The van der Waals surface area contributed by atoms with E-state index in [9.17, 15) is 14.4 Å². The van der Waals surface area contributed by atoms with Gasteiger partial charge in [0.25, 0.3) is 0 Å². The standard InChI is InChI=1S/C11H18N6O7/c12-4(2-18)8-16-17-9(24-8)5(1-7(13)20)14-11(23)15-6(3-19)10(21)22/h4-6,18-19H,1-3,12H2,(H2,13,20)(H,21,22)(H2,14,15,23)/t4-,5-,6-/m0/s1. The molecule has 1 heterocycles. The third kappa shape index (κ3) is 5.45. The van der Waals surface area contributed by atoms with Crippen molar-refractivity contribution in [3.05, 3.63) is 11.8 Å². The van der Waals surface area contributed by atoms with Crippen LogP contribution in [0.15, 0.2) is 4.42 Å². The Labute approximate surface area is 135 Å². The minimum Gasteiger partial charge on any atom is -0.480 e. The van der Waals surface area contributed by atoms with Crippen LogP contribution in [0.5, 0.6) is 0 Å². The van der Waals surface area contributed by atoms with E-state index in [4.69, 9.17) is 31.2 Å². The number of hydrogen-bond acceptors (Lipinski definition) is 9. The number of aliphatic hydroxyl groups is 2. The van der Waals surface area contributed by atoms with Gasteiger partial charge in [-0.3, -0.25) is 4.79 Å². The molecule has 0 fully saturated rings. The van der Waals surface area contributed by atoms with Crippen LogP contribution in [-0.2, 0) is 9.59 Å². The first kappa shape index (κ1) is 19.3. The number of nitrogens with one attached hydrogen (secondary N) is 2. The minimum absolute atomic E-state index is 0.122. The number of nitrogens with two attached hydrogens (primary N) is 2. The number of carboxylic acids is 1. The lowest BCUT2D eigenvalue weighted by atomic mass is 10.2. The number of aliphatic carboxylic acids is 1. The van der Waals surface area contributed by atoms with Gasteiger partial charge in [-0.15, -0.1) is 10.2 Å². The van der Waals surface area contributed by atoms with Crippen molar-refractivity contribution in [2.75, 3.05) is 13.2 Å². The van der Waals surface area contributed by atoms with Crippen LogP contribution < -0.4 is 22.1 Å². The summed E-state index contributed by atoms with van der Waals surface area (Å²) in [4.78, 5) is 33.6. The largest absolute Gasteiger partial charge is 0.480 e. The number of amides is 3. The number of carbonyl (C=O) groups excluding carboxylic acids is 2. The number of rotatable bonds is 9. The minimum atomic E-state index is -1.54. The van der Waals surface area contributed by atoms with Crippen LogP contribution in [-0.4, -0.2) is 62.7 Å². The van der Waals surface area contributed by atoms with Crippen LogP contribution in [0.1, 0.15) is 30.3 Å². The second-order valence-corrected chi connectivity index (χ2v) is 4.68. The molecule has 0 aliphatic carbocycles. The van der Waals surface area contributed by atoms with Crippen molar-refractivity contribution in [2.24, 2.45) is 11.5 Å². The Morgan fingerprint density at radius 1 is 1.12 bits per heavy atom. The van der Waals surface area contributed by atoms with E-state index in [0.717, 1.165) is 0 Å².